The van der Waals surface area contributed by atoms with Gasteiger partial charge in [-0.05, 0) is 33.8 Å². The first-order valence-electron chi connectivity index (χ1n) is 14.6. The lowest BCUT2D eigenvalue weighted by atomic mass is 9.85. The number of pyridine rings is 1. The Kier molecular flexibility index (Phi) is 10.5. The summed E-state index contributed by atoms with van der Waals surface area (Å²) in [4.78, 5) is 4.56. The molecule has 3 aromatic carbocycles. The monoisotopic (exact) mass is 555 g/mol. The van der Waals surface area contributed by atoms with Crippen LogP contribution in [0.5, 0.6) is 11.5 Å². The van der Waals surface area contributed by atoms with Crippen molar-refractivity contribution >= 4 is 19.4 Å². The topological polar surface area (TPSA) is 31.4 Å². The van der Waals surface area contributed by atoms with Gasteiger partial charge in [0.15, 0.2) is 5.82 Å². The fraction of sp³-hybridized carbons (Fsp3) is 0.343. The highest BCUT2D eigenvalue weighted by molar-refractivity contribution is 6.80. The summed E-state index contributed by atoms with van der Waals surface area (Å²) in [5, 5.41) is 2.32. The van der Waals surface area contributed by atoms with E-state index >= 15 is 4.39 Å². The quantitative estimate of drug-likeness (QED) is 0.124. The van der Waals surface area contributed by atoms with Crippen molar-refractivity contribution in [3.63, 3.8) is 0 Å². The molecule has 4 aromatic rings. The summed E-state index contributed by atoms with van der Waals surface area (Å²) in [6.45, 7) is 9.26. The maximum Gasteiger partial charge on any atom is 0.299 e. The highest BCUT2D eigenvalue weighted by atomic mass is 28.3. The van der Waals surface area contributed by atoms with Crippen LogP contribution < -0.4 is 19.5 Å². The number of hydrogen-bond acceptors (Lipinski definition) is 3. The molecule has 0 atom stereocenters. The maximum absolute atomic E-state index is 15.7. The van der Waals surface area contributed by atoms with Gasteiger partial charge >= 0.3 is 0 Å². The number of aromatic nitrogens is 1. The third-order valence-corrected chi connectivity index (χ3v) is 9.55. The van der Waals surface area contributed by atoms with Gasteiger partial charge in [0.2, 0.25) is 0 Å². The Hall–Kier alpha value is -3.44. The molecule has 5 heteroatoms. The van der Waals surface area contributed by atoms with Crippen LogP contribution in [-0.4, -0.2) is 20.6 Å². The van der Waals surface area contributed by atoms with E-state index in [2.05, 4.69) is 63.0 Å². The molecule has 0 aliphatic heterocycles. The van der Waals surface area contributed by atoms with Crippen LogP contribution in [0.25, 0.3) is 11.3 Å². The lowest BCUT2D eigenvalue weighted by Crippen LogP contribution is -2.47. The van der Waals surface area contributed by atoms with Gasteiger partial charge in [0.1, 0.15) is 17.2 Å². The number of para-hydroxylation sites is 1. The second-order valence-corrected chi connectivity index (χ2v) is 13.7. The molecule has 0 amide bonds. The molecule has 0 unspecified atom stereocenters. The van der Waals surface area contributed by atoms with Crippen LogP contribution in [0.15, 0.2) is 91.1 Å². The standard InChI is InChI=1S/C35H42FNO2Si/c1-5-6-7-8-9-16-24-38-27-25-32(36)33(37-26-27)30-22-17-23-31(35(2,3)4)34(30)39-40(28-18-12-10-13-19-28)29-20-14-11-15-21-29/h10-15,17-23,25-26,40H,5-9,16,24H2,1-4H3. The lowest BCUT2D eigenvalue weighted by Gasteiger charge is -2.28. The average molecular weight is 556 g/mol. The first-order chi connectivity index (χ1) is 19.4. The highest BCUT2D eigenvalue weighted by Crippen LogP contribution is 2.40. The zero-order valence-electron chi connectivity index (χ0n) is 24.3. The van der Waals surface area contributed by atoms with E-state index in [1.165, 1.54) is 31.7 Å². The Morgan fingerprint density at radius 3 is 2.00 bits per heavy atom. The highest BCUT2D eigenvalue weighted by Gasteiger charge is 2.28. The summed E-state index contributed by atoms with van der Waals surface area (Å²) in [6.07, 6.45) is 8.71. The molecular formula is C35H42FNO2Si. The molecule has 4 rings (SSSR count). The predicted octanol–water partition coefficient (Wildman–Crippen LogP) is 7.84. The van der Waals surface area contributed by atoms with Gasteiger partial charge in [-0.3, -0.25) is 0 Å². The molecule has 0 spiro atoms. The number of hydrogen-bond donors (Lipinski definition) is 0. The van der Waals surface area contributed by atoms with Crippen LogP contribution in [0, 0.1) is 5.82 Å². The summed E-state index contributed by atoms with van der Waals surface area (Å²) in [5.74, 6) is 0.755. The molecule has 0 bridgehead atoms. The Morgan fingerprint density at radius 1 is 0.775 bits per heavy atom. The van der Waals surface area contributed by atoms with Crippen molar-refractivity contribution in [3.8, 4) is 22.8 Å². The number of benzene rings is 3. The molecule has 1 aromatic heterocycles. The van der Waals surface area contributed by atoms with Crippen molar-refractivity contribution in [2.45, 2.75) is 71.6 Å². The molecule has 0 aliphatic rings. The number of ether oxygens (including phenoxy) is 1. The van der Waals surface area contributed by atoms with Crippen LogP contribution >= 0.6 is 0 Å². The number of halogens is 1. The van der Waals surface area contributed by atoms with Gasteiger partial charge in [-0.1, -0.05) is 133 Å². The van der Waals surface area contributed by atoms with E-state index in [0.717, 1.165) is 28.8 Å². The SMILES string of the molecule is CCCCCCCCOc1cnc(-c2cccc(C(C)(C)C)c2O[SiH](c2ccccc2)c2ccccc2)c(F)c1. The summed E-state index contributed by atoms with van der Waals surface area (Å²) in [5.41, 5.74) is 1.76. The lowest BCUT2D eigenvalue weighted by molar-refractivity contribution is 0.301. The molecule has 0 saturated carbocycles. The first kappa shape index (κ1) is 29.5. The Morgan fingerprint density at radius 2 is 1.40 bits per heavy atom. The molecule has 40 heavy (non-hydrogen) atoms. The van der Waals surface area contributed by atoms with Gasteiger partial charge in [0.25, 0.3) is 9.04 Å². The second kappa shape index (κ2) is 14.3. The smallest absolute Gasteiger partial charge is 0.299 e. The van der Waals surface area contributed by atoms with E-state index in [4.69, 9.17) is 9.16 Å². The summed E-state index contributed by atoms with van der Waals surface area (Å²) >= 11 is 0. The third kappa shape index (κ3) is 7.82. The number of rotatable bonds is 13. The van der Waals surface area contributed by atoms with E-state index in [1.807, 2.05) is 48.5 Å². The molecule has 3 nitrogen and oxygen atoms in total. The first-order valence-corrected chi connectivity index (χ1v) is 16.2. The zero-order chi connectivity index (χ0) is 28.4. The van der Waals surface area contributed by atoms with Crippen molar-refractivity contribution in [3.05, 3.63) is 103 Å². The van der Waals surface area contributed by atoms with Gasteiger partial charge < -0.3 is 9.16 Å². The maximum atomic E-state index is 15.7. The Labute approximate surface area is 241 Å². The van der Waals surface area contributed by atoms with E-state index in [9.17, 15) is 0 Å². The summed E-state index contributed by atoms with van der Waals surface area (Å²) < 4.78 is 28.5. The van der Waals surface area contributed by atoms with Crippen molar-refractivity contribution in [2.75, 3.05) is 6.61 Å². The molecular weight excluding hydrogens is 513 g/mol. The summed E-state index contributed by atoms with van der Waals surface area (Å²) in [6, 6.07) is 28.1. The molecule has 0 N–H and O–H groups in total. The van der Waals surface area contributed by atoms with Crippen LogP contribution in [0.4, 0.5) is 4.39 Å². The number of unbranched alkanes of at least 4 members (excludes halogenated alkanes) is 5. The molecule has 0 fully saturated rings. The molecule has 0 saturated heterocycles. The van der Waals surface area contributed by atoms with Gasteiger partial charge in [0, 0.05) is 11.6 Å². The van der Waals surface area contributed by atoms with E-state index in [1.54, 1.807) is 6.20 Å². The number of nitrogens with zero attached hydrogens (tertiary/aromatic N) is 1. The van der Waals surface area contributed by atoms with E-state index in [-0.39, 0.29) is 11.1 Å². The minimum absolute atomic E-state index is 0.214. The molecule has 210 valence electrons. The van der Waals surface area contributed by atoms with Gasteiger partial charge in [0.05, 0.1) is 12.8 Å². The van der Waals surface area contributed by atoms with Crippen molar-refractivity contribution in [1.29, 1.82) is 0 Å². The van der Waals surface area contributed by atoms with Gasteiger partial charge in [-0.2, -0.15) is 0 Å². The fourth-order valence-corrected chi connectivity index (χ4v) is 7.20. The van der Waals surface area contributed by atoms with Crippen LogP contribution in [-0.2, 0) is 5.41 Å². The van der Waals surface area contributed by atoms with Crippen molar-refractivity contribution < 1.29 is 13.6 Å². The average Bonchev–Trinajstić information content (AvgIpc) is 2.96. The van der Waals surface area contributed by atoms with Gasteiger partial charge in [-0.15, -0.1) is 0 Å². The molecule has 0 aliphatic carbocycles. The second-order valence-electron chi connectivity index (χ2n) is 11.4. The van der Waals surface area contributed by atoms with Crippen LogP contribution in [0.1, 0.15) is 71.8 Å². The van der Waals surface area contributed by atoms with Crippen LogP contribution in [0.3, 0.4) is 0 Å². The Bertz CT molecular complexity index is 1300. The molecule has 1 heterocycles. The Balaban J connectivity index is 1.65. The van der Waals surface area contributed by atoms with Crippen molar-refractivity contribution in [1.82, 2.24) is 4.98 Å². The third-order valence-electron chi connectivity index (χ3n) is 7.10. The minimum Gasteiger partial charge on any atom is -0.537 e. The molecule has 0 radical (unpaired) electrons. The predicted molar refractivity (Wildman–Crippen MR) is 167 cm³/mol. The summed E-state index contributed by atoms with van der Waals surface area (Å²) in [7, 11) is -2.16. The minimum atomic E-state index is -2.16. The van der Waals surface area contributed by atoms with E-state index < -0.39 is 14.9 Å². The van der Waals surface area contributed by atoms with E-state index in [0.29, 0.717) is 23.7 Å². The fourth-order valence-electron chi connectivity index (χ4n) is 4.91. The zero-order valence-corrected chi connectivity index (χ0v) is 25.5. The van der Waals surface area contributed by atoms with Crippen molar-refractivity contribution in [2.24, 2.45) is 0 Å². The van der Waals surface area contributed by atoms with Crippen LogP contribution in [0.2, 0.25) is 0 Å². The normalized spacial score (nSPS) is 11.6. The largest absolute Gasteiger partial charge is 0.537 e. The van der Waals surface area contributed by atoms with Gasteiger partial charge in [-0.25, -0.2) is 9.37 Å².